The van der Waals surface area contributed by atoms with Crippen LogP contribution in [0.3, 0.4) is 0 Å². The smallest absolute Gasteiger partial charge is 0.272 e. The first kappa shape index (κ1) is 20.1. The lowest BCUT2D eigenvalue weighted by atomic mass is 10.2. The second kappa shape index (κ2) is 8.37. The number of carbonyl (C=O) groups is 1. The summed E-state index contributed by atoms with van der Waals surface area (Å²) in [6.45, 7) is 2.13. The summed E-state index contributed by atoms with van der Waals surface area (Å²) in [5, 5.41) is 3.41. The molecule has 1 N–H and O–H groups in total. The number of halogens is 2. The van der Waals surface area contributed by atoms with Gasteiger partial charge in [-0.3, -0.25) is 4.79 Å². The summed E-state index contributed by atoms with van der Waals surface area (Å²) in [5.74, 6) is -0.476. The molecule has 162 valence electrons. The average Bonchev–Trinajstić information content (AvgIpc) is 3.43. The third kappa shape index (κ3) is 4.03. The Balaban J connectivity index is 1.45. The van der Waals surface area contributed by atoms with Gasteiger partial charge in [0.25, 0.3) is 5.91 Å². The van der Waals surface area contributed by atoms with Crippen LogP contribution < -0.4 is 10.2 Å². The van der Waals surface area contributed by atoms with Gasteiger partial charge in [-0.15, -0.1) is 0 Å². The molecule has 5 rings (SSSR count). The molecule has 8 heteroatoms. The number of nitrogens with zero attached hydrogens (tertiary/aromatic N) is 4. The van der Waals surface area contributed by atoms with Crippen LogP contribution in [0.2, 0.25) is 0 Å². The van der Waals surface area contributed by atoms with Crippen LogP contribution in [0.5, 0.6) is 0 Å². The zero-order valence-electron chi connectivity index (χ0n) is 17.3. The van der Waals surface area contributed by atoms with E-state index in [0.29, 0.717) is 33.8 Å². The van der Waals surface area contributed by atoms with Gasteiger partial charge in [-0.1, -0.05) is 12.1 Å². The summed E-state index contributed by atoms with van der Waals surface area (Å²) in [6, 6.07) is 12.2. The first-order chi connectivity index (χ1) is 15.6. The molecule has 0 unspecified atom stereocenters. The van der Waals surface area contributed by atoms with E-state index in [9.17, 15) is 13.6 Å². The van der Waals surface area contributed by atoms with Crippen molar-refractivity contribution in [1.29, 1.82) is 0 Å². The van der Waals surface area contributed by atoms with Gasteiger partial charge in [-0.05, 0) is 54.8 Å². The van der Waals surface area contributed by atoms with Crippen molar-refractivity contribution in [2.75, 3.05) is 23.3 Å². The van der Waals surface area contributed by atoms with Gasteiger partial charge in [0.05, 0.1) is 18.1 Å². The molecule has 0 aliphatic carbocycles. The molecule has 1 fully saturated rings. The van der Waals surface area contributed by atoms with Gasteiger partial charge in [0.1, 0.15) is 17.3 Å². The van der Waals surface area contributed by atoms with E-state index in [1.165, 1.54) is 24.3 Å². The molecule has 0 spiro atoms. The van der Waals surface area contributed by atoms with Crippen molar-refractivity contribution >= 4 is 28.4 Å². The molecule has 0 bridgehead atoms. The van der Waals surface area contributed by atoms with Crippen molar-refractivity contribution in [2.24, 2.45) is 0 Å². The Labute approximate surface area is 183 Å². The monoisotopic (exact) mass is 433 g/mol. The largest absolute Gasteiger partial charge is 0.341 e. The van der Waals surface area contributed by atoms with Crippen LogP contribution >= 0.6 is 0 Å². The molecule has 0 saturated carbocycles. The SMILES string of the molecule is O=C(Nc1cnc(N2CCCC2)nc1)c1cc2cc(F)ccc2n1Cc1cccc(F)c1. The maximum Gasteiger partial charge on any atom is 0.272 e. The molecule has 4 aromatic rings. The van der Waals surface area contributed by atoms with E-state index >= 15 is 0 Å². The van der Waals surface area contributed by atoms with Gasteiger partial charge in [-0.25, -0.2) is 18.7 Å². The molecule has 0 radical (unpaired) electrons. The first-order valence-electron chi connectivity index (χ1n) is 10.5. The second-order valence-corrected chi connectivity index (χ2v) is 7.87. The number of hydrogen-bond acceptors (Lipinski definition) is 4. The molecule has 1 aliphatic rings. The zero-order chi connectivity index (χ0) is 22.1. The van der Waals surface area contributed by atoms with E-state index in [2.05, 4.69) is 20.2 Å². The maximum atomic E-state index is 13.8. The number of carbonyl (C=O) groups excluding carboxylic acids is 1. The molecule has 2 aromatic carbocycles. The number of aromatic nitrogens is 3. The van der Waals surface area contributed by atoms with Crippen LogP contribution in [-0.4, -0.2) is 33.5 Å². The molecular weight excluding hydrogens is 412 g/mol. The summed E-state index contributed by atoms with van der Waals surface area (Å²) in [7, 11) is 0. The van der Waals surface area contributed by atoms with E-state index in [1.54, 1.807) is 41.2 Å². The number of anilines is 2. The summed E-state index contributed by atoms with van der Waals surface area (Å²) >= 11 is 0. The predicted molar refractivity (Wildman–Crippen MR) is 119 cm³/mol. The fourth-order valence-electron chi connectivity index (χ4n) is 4.08. The molecule has 1 saturated heterocycles. The molecule has 6 nitrogen and oxygen atoms in total. The predicted octanol–water partition coefficient (Wildman–Crippen LogP) is 4.61. The molecule has 1 amide bonds. The average molecular weight is 433 g/mol. The van der Waals surface area contributed by atoms with Crippen LogP contribution in [-0.2, 0) is 6.54 Å². The van der Waals surface area contributed by atoms with Crippen LogP contribution in [0, 0.1) is 11.6 Å². The quantitative estimate of drug-likeness (QED) is 0.499. The van der Waals surface area contributed by atoms with Crippen LogP contribution in [0.15, 0.2) is 60.9 Å². The number of hydrogen-bond donors (Lipinski definition) is 1. The minimum absolute atomic E-state index is 0.264. The molecule has 3 heterocycles. The Morgan fingerprint density at radius 1 is 0.969 bits per heavy atom. The Morgan fingerprint density at radius 2 is 1.72 bits per heavy atom. The lowest BCUT2D eigenvalue weighted by molar-refractivity contribution is 0.101. The van der Waals surface area contributed by atoms with Crippen molar-refractivity contribution in [3.63, 3.8) is 0 Å². The Kier molecular flexibility index (Phi) is 5.26. The summed E-state index contributed by atoms with van der Waals surface area (Å²) in [6.07, 6.45) is 5.41. The highest BCUT2D eigenvalue weighted by atomic mass is 19.1. The third-order valence-electron chi connectivity index (χ3n) is 5.61. The summed E-state index contributed by atoms with van der Waals surface area (Å²) in [4.78, 5) is 24.0. The minimum Gasteiger partial charge on any atom is -0.341 e. The standard InChI is InChI=1S/C24H21F2N5O/c25-18-5-3-4-16(10-18)15-31-21-7-6-19(26)11-17(21)12-22(31)23(32)29-20-13-27-24(28-14-20)30-8-1-2-9-30/h3-7,10-14H,1-2,8-9,15H2,(H,29,32). The Morgan fingerprint density at radius 3 is 2.47 bits per heavy atom. The molecule has 2 aromatic heterocycles. The molecule has 1 aliphatic heterocycles. The number of fused-ring (bicyclic) bond motifs is 1. The van der Waals surface area contributed by atoms with Gasteiger partial charge in [0.2, 0.25) is 5.95 Å². The fraction of sp³-hybridized carbons (Fsp3) is 0.208. The lowest BCUT2D eigenvalue weighted by Gasteiger charge is -2.15. The minimum atomic E-state index is -0.390. The number of rotatable bonds is 5. The van der Waals surface area contributed by atoms with Gasteiger partial charge in [0.15, 0.2) is 0 Å². The maximum absolute atomic E-state index is 13.8. The van der Waals surface area contributed by atoms with Gasteiger partial charge in [0, 0.05) is 30.5 Å². The topological polar surface area (TPSA) is 63.1 Å². The fourth-order valence-corrected chi connectivity index (χ4v) is 4.08. The second-order valence-electron chi connectivity index (χ2n) is 7.87. The van der Waals surface area contributed by atoms with E-state index in [0.717, 1.165) is 25.9 Å². The third-order valence-corrected chi connectivity index (χ3v) is 5.61. The number of amides is 1. The molecule has 0 atom stereocenters. The van der Waals surface area contributed by atoms with Crippen molar-refractivity contribution in [2.45, 2.75) is 19.4 Å². The number of nitrogens with one attached hydrogen (secondary N) is 1. The normalized spacial score (nSPS) is 13.6. The van der Waals surface area contributed by atoms with E-state index in [1.807, 2.05) is 0 Å². The summed E-state index contributed by atoms with van der Waals surface area (Å²) in [5.41, 5.74) is 2.17. The highest BCUT2D eigenvalue weighted by Crippen LogP contribution is 2.24. The van der Waals surface area contributed by atoms with Gasteiger partial charge < -0.3 is 14.8 Å². The number of benzene rings is 2. The van der Waals surface area contributed by atoms with Crippen LogP contribution in [0.1, 0.15) is 28.9 Å². The van der Waals surface area contributed by atoms with E-state index in [-0.39, 0.29) is 18.3 Å². The van der Waals surface area contributed by atoms with Crippen LogP contribution in [0.25, 0.3) is 10.9 Å². The highest BCUT2D eigenvalue weighted by molar-refractivity contribution is 6.06. The first-order valence-corrected chi connectivity index (χ1v) is 10.5. The van der Waals surface area contributed by atoms with E-state index < -0.39 is 5.82 Å². The Hall–Kier alpha value is -3.81. The van der Waals surface area contributed by atoms with Crippen molar-refractivity contribution in [3.05, 3.63) is 83.8 Å². The van der Waals surface area contributed by atoms with Crippen LogP contribution in [0.4, 0.5) is 20.4 Å². The van der Waals surface area contributed by atoms with Crippen molar-refractivity contribution < 1.29 is 13.6 Å². The van der Waals surface area contributed by atoms with Crippen molar-refractivity contribution in [1.82, 2.24) is 14.5 Å². The van der Waals surface area contributed by atoms with Gasteiger partial charge in [-0.2, -0.15) is 0 Å². The molecular formula is C24H21F2N5O. The zero-order valence-corrected chi connectivity index (χ0v) is 17.3. The van der Waals surface area contributed by atoms with E-state index in [4.69, 9.17) is 0 Å². The highest BCUT2D eigenvalue weighted by Gasteiger charge is 2.18. The van der Waals surface area contributed by atoms with Gasteiger partial charge >= 0.3 is 0 Å². The lowest BCUT2D eigenvalue weighted by Crippen LogP contribution is -2.21. The molecule has 32 heavy (non-hydrogen) atoms. The summed E-state index contributed by atoms with van der Waals surface area (Å²) < 4.78 is 29.2. The Bertz CT molecular complexity index is 1280. The van der Waals surface area contributed by atoms with Crippen molar-refractivity contribution in [3.8, 4) is 0 Å².